The zero-order chi connectivity index (χ0) is 10.6. The highest BCUT2D eigenvalue weighted by molar-refractivity contribution is 7.99. The van der Waals surface area contributed by atoms with Gasteiger partial charge in [-0.2, -0.15) is 25.3 Å². The molecule has 2 N–H and O–H groups in total. The van der Waals surface area contributed by atoms with Gasteiger partial charge in [-0.05, 0) is 18.7 Å². The van der Waals surface area contributed by atoms with Gasteiger partial charge >= 0.3 is 5.97 Å². The standard InChI is InChI=1S/C7H12O3S3/c1-3(2)13-7(10)5(12)4(11)6(8)9/h4-5,10-12H,1-2H3,(H,8,9). The minimum Gasteiger partial charge on any atom is -0.480 e. The van der Waals surface area contributed by atoms with Crippen LogP contribution < -0.4 is 0 Å². The van der Waals surface area contributed by atoms with Crippen molar-refractivity contribution < 1.29 is 15.0 Å². The first kappa shape index (κ1) is 13.1. The van der Waals surface area contributed by atoms with E-state index >= 15 is 0 Å². The Bertz CT molecular complexity index is 264. The van der Waals surface area contributed by atoms with E-state index in [0.717, 1.165) is 15.8 Å². The predicted molar refractivity (Wildman–Crippen MR) is 64.8 cm³/mol. The highest BCUT2D eigenvalue weighted by Gasteiger charge is 2.23. The van der Waals surface area contributed by atoms with Crippen LogP contribution in [0.15, 0.2) is 0 Å². The van der Waals surface area contributed by atoms with E-state index in [1.165, 1.54) is 0 Å². The van der Waals surface area contributed by atoms with E-state index in [1.807, 2.05) is 13.8 Å². The van der Waals surface area contributed by atoms with Crippen LogP contribution in [0.4, 0.5) is 0 Å². The van der Waals surface area contributed by atoms with Crippen molar-refractivity contribution in [3.05, 3.63) is 0 Å². The molecule has 0 aromatic carbocycles. The number of rotatable bonds is 3. The molecule has 0 aliphatic rings. The SMILES string of the molecule is CC(C)=S=C(O)C(S)C(S)C(=O)O. The van der Waals surface area contributed by atoms with E-state index in [2.05, 4.69) is 25.3 Å². The van der Waals surface area contributed by atoms with E-state index in [0.29, 0.717) is 0 Å². The summed E-state index contributed by atoms with van der Waals surface area (Å²) in [5, 5.41) is 16.2. The van der Waals surface area contributed by atoms with Gasteiger partial charge in [0.2, 0.25) is 0 Å². The van der Waals surface area contributed by atoms with E-state index in [1.54, 1.807) is 0 Å². The molecule has 0 saturated heterocycles. The fraction of sp³-hybridized carbons (Fsp3) is 0.571. The van der Waals surface area contributed by atoms with Crippen molar-refractivity contribution in [1.82, 2.24) is 0 Å². The van der Waals surface area contributed by atoms with Crippen LogP contribution in [0, 0.1) is 0 Å². The lowest BCUT2D eigenvalue weighted by atomic mass is 10.3. The summed E-state index contributed by atoms with van der Waals surface area (Å²) in [5.74, 6) is -1.09. The smallest absolute Gasteiger partial charge is 0.317 e. The monoisotopic (exact) mass is 240 g/mol. The van der Waals surface area contributed by atoms with Crippen LogP contribution >= 0.6 is 36.2 Å². The fourth-order valence-electron chi connectivity index (χ4n) is 0.540. The summed E-state index contributed by atoms with van der Waals surface area (Å²) in [4.78, 5) is 11.4. The molecule has 2 unspecified atom stereocenters. The van der Waals surface area contributed by atoms with Crippen LogP contribution in [0.1, 0.15) is 13.8 Å². The van der Waals surface area contributed by atoms with Gasteiger partial charge in [-0.3, -0.25) is 4.79 Å². The molecule has 6 heteroatoms. The summed E-state index contributed by atoms with van der Waals surface area (Å²) >= 11 is 7.76. The van der Waals surface area contributed by atoms with Gasteiger partial charge in [0.05, 0.1) is 5.25 Å². The summed E-state index contributed by atoms with van der Waals surface area (Å²) in [6.07, 6.45) is 0. The van der Waals surface area contributed by atoms with Crippen LogP contribution in [-0.2, 0) is 4.79 Å². The molecule has 0 amide bonds. The third kappa shape index (κ3) is 4.75. The second kappa shape index (κ2) is 5.74. The maximum atomic E-state index is 10.5. The first-order valence-corrected chi connectivity index (χ1v) is 5.34. The van der Waals surface area contributed by atoms with Crippen molar-refractivity contribution in [3.8, 4) is 0 Å². The number of aliphatic hydroxyl groups is 1. The highest BCUT2D eigenvalue weighted by Crippen LogP contribution is 2.11. The summed E-state index contributed by atoms with van der Waals surface area (Å²) in [7, 11) is 1.11. The summed E-state index contributed by atoms with van der Waals surface area (Å²) in [5.41, 5.74) is 0. The Morgan fingerprint density at radius 2 is 1.69 bits per heavy atom. The largest absolute Gasteiger partial charge is 0.480 e. The molecular formula is C7H12O3S3. The van der Waals surface area contributed by atoms with Crippen molar-refractivity contribution in [2.45, 2.75) is 24.3 Å². The van der Waals surface area contributed by atoms with E-state index in [-0.39, 0.29) is 5.05 Å². The van der Waals surface area contributed by atoms with Gasteiger partial charge in [-0.1, -0.05) is 0 Å². The van der Waals surface area contributed by atoms with Crippen LogP contribution in [0.2, 0.25) is 0 Å². The quantitative estimate of drug-likeness (QED) is 0.444. The van der Waals surface area contributed by atoms with Crippen molar-refractivity contribution >= 4 is 52.1 Å². The van der Waals surface area contributed by atoms with Crippen LogP contribution in [0.25, 0.3) is 0 Å². The van der Waals surface area contributed by atoms with Gasteiger partial charge in [-0.15, -0.1) is 10.9 Å². The van der Waals surface area contributed by atoms with Crippen molar-refractivity contribution in [2.24, 2.45) is 0 Å². The van der Waals surface area contributed by atoms with Gasteiger partial charge in [0.1, 0.15) is 10.3 Å². The molecule has 3 nitrogen and oxygen atoms in total. The van der Waals surface area contributed by atoms with Crippen molar-refractivity contribution in [2.75, 3.05) is 0 Å². The van der Waals surface area contributed by atoms with Crippen LogP contribution in [0.5, 0.6) is 0 Å². The molecule has 0 rings (SSSR count). The topological polar surface area (TPSA) is 57.5 Å². The molecule has 76 valence electrons. The van der Waals surface area contributed by atoms with Crippen LogP contribution in [-0.4, -0.2) is 36.6 Å². The lowest BCUT2D eigenvalue weighted by Crippen LogP contribution is -2.30. The van der Waals surface area contributed by atoms with Gasteiger partial charge in [0, 0.05) is 0 Å². The molecule has 0 fully saturated rings. The number of carbonyl (C=O) groups is 1. The Morgan fingerprint density at radius 3 is 2.00 bits per heavy atom. The summed E-state index contributed by atoms with van der Waals surface area (Å²) in [6, 6.07) is 0. The van der Waals surface area contributed by atoms with Crippen molar-refractivity contribution in [3.63, 3.8) is 0 Å². The Hall–Kier alpha value is 0.0900. The first-order valence-electron chi connectivity index (χ1n) is 3.49. The number of carboxylic acid groups (broad SMARTS) is 1. The number of aliphatic hydroxyl groups excluding tert-OH is 1. The average Bonchev–Trinajstić information content (AvgIpc) is 2.00. The molecule has 0 aliphatic heterocycles. The zero-order valence-electron chi connectivity index (χ0n) is 7.26. The molecule has 0 saturated carbocycles. The highest BCUT2D eigenvalue weighted by atomic mass is 32.1. The fourth-order valence-corrected chi connectivity index (χ4v) is 1.74. The number of carboxylic acids is 1. The van der Waals surface area contributed by atoms with E-state index in [9.17, 15) is 9.90 Å². The van der Waals surface area contributed by atoms with E-state index in [4.69, 9.17) is 5.11 Å². The molecule has 2 atom stereocenters. The second-order valence-electron chi connectivity index (χ2n) is 2.58. The van der Waals surface area contributed by atoms with Gasteiger partial charge in [0.25, 0.3) is 0 Å². The Morgan fingerprint density at radius 1 is 1.23 bits per heavy atom. The molecule has 0 aliphatic carbocycles. The third-order valence-electron chi connectivity index (χ3n) is 1.11. The summed E-state index contributed by atoms with van der Waals surface area (Å²) < 4.78 is 0. The molecule has 0 heterocycles. The molecule has 13 heavy (non-hydrogen) atoms. The van der Waals surface area contributed by atoms with Crippen LogP contribution in [0.3, 0.4) is 0 Å². The molecule has 0 spiro atoms. The first-order chi connectivity index (χ1) is 5.86. The Balaban J connectivity index is 4.71. The molecule has 0 radical (unpaired) electrons. The molecule has 0 aromatic rings. The third-order valence-corrected chi connectivity index (χ3v) is 3.46. The molecular weight excluding hydrogens is 228 g/mol. The lowest BCUT2D eigenvalue weighted by Gasteiger charge is -2.11. The Labute approximate surface area is 91.5 Å². The maximum Gasteiger partial charge on any atom is 0.317 e. The minimum absolute atomic E-state index is 0.0364. The number of hydrogen-bond acceptors (Lipinski definition) is 3. The molecule has 0 bridgehead atoms. The number of hydrogen-bond donors (Lipinski definition) is 4. The number of aliphatic carboxylic acids is 1. The van der Waals surface area contributed by atoms with Gasteiger partial charge in [-0.25, -0.2) is 0 Å². The maximum absolute atomic E-state index is 10.5. The van der Waals surface area contributed by atoms with Gasteiger partial charge < -0.3 is 10.2 Å². The summed E-state index contributed by atoms with van der Waals surface area (Å²) in [6.45, 7) is 3.63. The molecule has 0 aromatic heterocycles. The normalized spacial score (nSPS) is 14.5. The number of thiol groups is 2. The van der Waals surface area contributed by atoms with E-state index < -0.39 is 16.5 Å². The zero-order valence-corrected chi connectivity index (χ0v) is 9.87. The second-order valence-corrected chi connectivity index (χ2v) is 5.13. The lowest BCUT2D eigenvalue weighted by molar-refractivity contribution is -0.136. The average molecular weight is 240 g/mol. The minimum atomic E-state index is -1.09. The Kier molecular flexibility index (Phi) is 5.78. The van der Waals surface area contributed by atoms with Crippen molar-refractivity contribution in [1.29, 1.82) is 0 Å². The van der Waals surface area contributed by atoms with Gasteiger partial charge in [0.15, 0.2) is 0 Å². The predicted octanol–water partition coefficient (Wildman–Crippen LogP) is 1.30.